The number of aliphatic hydroxyl groups excluding tert-OH is 1. The van der Waals surface area contributed by atoms with Crippen molar-refractivity contribution < 1.29 is 15.0 Å². The fourth-order valence-corrected chi connectivity index (χ4v) is 2.34. The number of allylic oxidation sites excluding steroid dienone is 4. The summed E-state index contributed by atoms with van der Waals surface area (Å²) in [6.45, 7) is 28.5. The van der Waals surface area contributed by atoms with Crippen LogP contribution in [0.3, 0.4) is 0 Å². The smallest absolute Gasteiger partial charge is 0.341 e. The summed E-state index contributed by atoms with van der Waals surface area (Å²) >= 11 is 0. The van der Waals surface area contributed by atoms with Gasteiger partial charge in [-0.25, -0.2) is 4.79 Å². The maximum Gasteiger partial charge on any atom is 0.341 e. The molecule has 0 saturated heterocycles. The quantitative estimate of drug-likeness (QED) is 0.143. The van der Waals surface area contributed by atoms with Gasteiger partial charge in [0.1, 0.15) is 11.3 Å². The minimum absolute atomic E-state index is 0.253. The molecule has 1 rings (SSSR count). The van der Waals surface area contributed by atoms with E-state index in [0.29, 0.717) is 12.1 Å². The predicted molar refractivity (Wildman–Crippen MR) is 162 cm³/mol. The molecule has 0 saturated carbocycles. The summed E-state index contributed by atoms with van der Waals surface area (Å²) in [4.78, 5) is 15.3. The predicted octanol–water partition coefficient (Wildman–Crippen LogP) is 8.92. The maximum absolute atomic E-state index is 11.3. The van der Waals surface area contributed by atoms with E-state index >= 15 is 0 Å². The zero-order valence-electron chi connectivity index (χ0n) is 25.1. The molecule has 1 aromatic carbocycles. The van der Waals surface area contributed by atoms with E-state index in [0.717, 1.165) is 35.3 Å². The summed E-state index contributed by atoms with van der Waals surface area (Å²) in [5, 5.41) is 19.4. The summed E-state index contributed by atoms with van der Waals surface area (Å²) in [5.74, 6) is -0.877. The summed E-state index contributed by atoms with van der Waals surface area (Å²) in [5.41, 5.74) is 9.60. The van der Waals surface area contributed by atoms with Crippen molar-refractivity contribution in [2.75, 3.05) is 6.54 Å². The third kappa shape index (κ3) is 18.3. The average molecular weight is 503 g/mol. The van der Waals surface area contributed by atoms with Crippen LogP contribution >= 0.6 is 0 Å². The molecule has 0 aromatic heterocycles. The zero-order chi connectivity index (χ0) is 29.3. The van der Waals surface area contributed by atoms with Crippen molar-refractivity contribution in [1.82, 2.24) is 0 Å². The second-order valence-corrected chi connectivity index (χ2v) is 7.53. The van der Waals surface area contributed by atoms with Crippen LogP contribution in [0.4, 0.5) is 0 Å². The molecule has 5 heteroatoms. The van der Waals surface area contributed by atoms with Crippen LogP contribution in [-0.4, -0.2) is 28.9 Å². The highest BCUT2D eigenvalue weighted by Crippen LogP contribution is 2.25. The minimum Gasteiger partial charge on any atom is -0.507 e. The molecule has 0 amide bonds. The molecule has 0 spiro atoms. The first-order chi connectivity index (χ1) is 17.1. The number of carbonyl (C=O) groups is 1. The largest absolute Gasteiger partial charge is 0.507 e. The van der Waals surface area contributed by atoms with Crippen LogP contribution in [0.25, 0.3) is 5.57 Å². The SMILES string of the molecule is C=C/C(=C(C)/C(N)=C/C(O)=C(\C=NCCC)C(=O)O)c1ccccc1C.CC.CC.CC.CC(C)C. The summed E-state index contributed by atoms with van der Waals surface area (Å²) in [6.07, 6.45) is 4.86. The Morgan fingerprint density at radius 1 is 1.06 bits per heavy atom. The van der Waals surface area contributed by atoms with E-state index in [-0.39, 0.29) is 11.3 Å². The Balaban J connectivity index is -0.000000445. The van der Waals surface area contributed by atoms with Crippen molar-refractivity contribution in [3.05, 3.63) is 76.7 Å². The van der Waals surface area contributed by atoms with Crippen LogP contribution in [0.1, 0.15) is 93.7 Å². The zero-order valence-corrected chi connectivity index (χ0v) is 25.1. The fraction of sp³-hybridized carbons (Fsp3) is 0.484. The first-order valence-electron chi connectivity index (χ1n) is 13.1. The van der Waals surface area contributed by atoms with Gasteiger partial charge in [-0.15, -0.1) is 0 Å². The van der Waals surface area contributed by atoms with Gasteiger partial charge in [0.05, 0.1) is 0 Å². The Kier molecular flexibility index (Phi) is 29.5. The number of aliphatic carboxylic acids is 1. The second kappa shape index (κ2) is 26.5. The highest BCUT2D eigenvalue weighted by Gasteiger charge is 2.12. The van der Waals surface area contributed by atoms with Gasteiger partial charge < -0.3 is 15.9 Å². The van der Waals surface area contributed by atoms with Gasteiger partial charge in [0.25, 0.3) is 0 Å². The standard InChI is InChI=1S/C21H26N2O3.C4H10.3C2H6/c1-5-11-23-13-18(21(25)26)20(24)12-19(22)15(4)16(6-2)17-10-8-7-9-14(17)3;1-4(2)3;3*1-2/h6-10,12-13,24H,2,5,11,22H2,1,3-4H3,(H,25,26);4H,1-3H3;3*1-2H3/b16-15-,19-12-,20-18-,23-13?;;;;. The van der Waals surface area contributed by atoms with Gasteiger partial charge in [0, 0.05) is 24.5 Å². The Morgan fingerprint density at radius 2 is 1.53 bits per heavy atom. The number of aryl methyl sites for hydroxylation is 1. The molecular weight excluding hydrogens is 448 g/mol. The Hall–Kier alpha value is -3.08. The lowest BCUT2D eigenvalue weighted by atomic mass is 9.95. The molecule has 0 unspecified atom stereocenters. The van der Waals surface area contributed by atoms with Gasteiger partial charge in [-0.05, 0) is 48.5 Å². The fourth-order valence-electron chi connectivity index (χ4n) is 2.34. The molecule has 0 bridgehead atoms. The van der Waals surface area contributed by atoms with Gasteiger partial charge in [-0.2, -0.15) is 0 Å². The summed E-state index contributed by atoms with van der Waals surface area (Å²) < 4.78 is 0. The molecule has 5 nitrogen and oxygen atoms in total. The first kappa shape index (κ1) is 40.1. The van der Waals surface area contributed by atoms with Crippen molar-refractivity contribution in [2.45, 2.75) is 89.5 Å². The molecule has 36 heavy (non-hydrogen) atoms. The monoisotopic (exact) mass is 502 g/mol. The number of carboxylic acids is 1. The van der Waals surface area contributed by atoms with Gasteiger partial charge in [-0.3, -0.25) is 4.99 Å². The number of hydrogen-bond acceptors (Lipinski definition) is 4. The van der Waals surface area contributed by atoms with Crippen LogP contribution in [0.2, 0.25) is 0 Å². The average Bonchev–Trinajstić information content (AvgIpc) is 2.86. The number of rotatable bonds is 8. The Bertz CT molecular complexity index is 842. The van der Waals surface area contributed by atoms with Crippen LogP contribution in [0.15, 0.2) is 70.6 Å². The number of carboxylic acid groups (broad SMARTS) is 1. The van der Waals surface area contributed by atoms with Crippen LogP contribution in [0.5, 0.6) is 0 Å². The van der Waals surface area contributed by atoms with E-state index in [1.807, 2.05) is 79.7 Å². The third-order valence-electron chi connectivity index (χ3n) is 3.85. The molecule has 0 aliphatic rings. The lowest BCUT2D eigenvalue weighted by Gasteiger charge is -2.12. The summed E-state index contributed by atoms with van der Waals surface area (Å²) in [6, 6.07) is 7.80. The molecular formula is C31H54N2O3. The maximum atomic E-state index is 11.3. The van der Waals surface area contributed by atoms with Crippen LogP contribution in [-0.2, 0) is 4.79 Å². The van der Waals surface area contributed by atoms with Gasteiger partial charge >= 0.3 is 5.97 Å². The van der Waals surface area contributed by atoms with E-state index < -0.39 is 11.7 Å². The van der Waals surface area contributed by atoms with Crippen LogP contribution in [0, 0.1) is 12.8 Å². The molecule has 0 heterocycles. The van der Waals surface area contributed by atoms with Crippen LogP contribution < -0.4 is 5.73 Å². The third-order valence-corrected chi connectivity index (χ3v) is 3.85. The normalized spacial score (nSPS) is 11.6. The van der Waals surface area contributed by atoms with E-state index in [4.69, 9.17) is 5.73 Å². The number of aliphatic imine (C=N–C) groups is 1. The molecule has 0 aliphatic heterocycles. The van der Waals surface area contributed by atoms with Crippen molar-refractivity contribution in [1.29, 1.82) is 0 Å². The number of nitrogens with zero attached hydrogens (tertiary/aromatic N) is 1. The molecule has 4 N–H and O–H groups in total. The molecule has 1 aromatic rings. The van der Waals surface area contributed by atoms with Crippen molar-refractivity contribution in [3.8, 4) is 0 Å². The van der Waals surface area contributed by atoms with Crippen molar-refractivity contribution in [2.24, 2.45) is 16.6 Å². The highest BCUT2D eigenvalue weighted by atomic mass is 16.4. The second-order valence-electron chi connectivity index (χ2n) is 7.53. The lowest BCUT2D eigenvalue weighted by Crippen LogP contribution is -2.08. The molecule has 0 aliphatic carbocycles. The Labute approximate surface area is 222 Å². The minimum atomic E-state index is -1.27. The van der Waals surface area contributed by atoms with E-state index in [1.54, 1.807) is 13.0 Å². The van der Waals surface area contributed by atoms with Gasteiger partial charge in [0.15, 0.2) is 0 Å². The van der Waals surface area contributed by atoms with Crippen molar-refractivity contribution in [3.63, 3.8) is 0 Å². The number of benzene rings is 1. The van der Waals surface area contributed by atoms with Gasteiger partial charge in [-0.1, -0.05) is 106 Å². The summed E-state index contributed by atoms with van der Waals surface area (Å²) in [7, 11) is 0. The number of hydrogen-bond donors (Lipinski definition) is 3. The number of aliphatic hydroxyl groups is 1. The first-order valence-corrected chi connectivity index (χ1v) is 13.1. The topological polar surface area (TPSA) is 95.9 Å². The van der Waals surface area contributed by atoms with E-state index in [1.165, 1.54) is 6.08 Å². The molecule has 0 fully saturated rings. The van der Waals surface area contributed by atoms with Gasteiger partial charge in [0.2, 0.25) is 0 Å². The van der Waals surface area contributed by atoms with E-state index in [9.17, 15) is 15.0 Å². The highest BCUT2D eigenvalue weighted by molar-refractivity contribution is 6.09. The number of nitrogens with two attached hydrogens (primary N) is 1. The lowest BCUT2D eigenvalue weighted by molar-refractivity contribution is -0.132. The molecule has 206 valence electrons. The molecule has 0 atom stereocenters. The Morgan fingerprint density at radius 3 is 1.92 bits per heavy atom. The van der Waals surface area contributed by atoms with Crippen molar-refractivity contribution >= 4 is 17.8 Å². The van der Waals surface area contributed by atoms with E-state index in [2.05, 4.69) is 32.3 Å². The molecule has 0 radical (unpaired) electrons.